The van der Waals surface area contributed by atoms with E-state index in [4.69, 9.17) is 4.74 Å². The number of hydrogen-bond acceptors (Lipinski definition) is 5. The van der Waals surface area contributed by atoms with E-state index in [1.807, 2.05) is 66.9 Å². The third-order valence-corrected chi connectivity index (χ3v) is 5.70. The summed E-state index contributed by atoms with van der Waals surface area (Å²) in [6.07, 6.45) is 4.43. The normalized spacial score (nSPS) is 10.9. The van der Waals surface area contributed by atoms with Crippen molar-refractivity contribution in [2.75, 3.05) is 0 Å². The molecule has 0 saturated carbocycles. The fourth-order valence-corrected chi connectivity index (χ4v) is 3.64. The van der Waals surface area contributed by atoms with Crippen molar-refractivity contribution in [1.29, 1.82) is 0 Å². The summed E-state index contributed by atoms with van der Waals surface area (Å²) >= 11 is 0. The lowest BCUT2D eigenvalue weighted by molar-refractivity contribution is 0.112. The van der Waals surface area contributed by atoms with Gasteiger partial charge in [0.1, 0.15) is 23.7 Å². The van der Waals surface area contributed by atoms with Crippen LogP contribution in [0.15, 0.2) is 85.2 Å². The molecule has 3 aromatic carbocycles. The molecule has 0 spiro atoms. The molecule has 0 amide bonds. The molecule has 0 N–H and O–H groups in total. The van der Waals surface area contributed by atoms with Gasteiger partial charge in [-0.2, -0.15) is 5.10 Å². The quantitative estimate of drug-likeness (QED) is 0.322. The van der Waals surface area contributed by atoms with Gasteiger partial charge in [0.05, 0.1) is 23.1 Å². The van der Waals surface area contributed by atoms with Crippen LogP contribution in [-0.4, -0.2) is 31.1 Å². The summed E-state index contributed by atoms with van der Waals surface area (Å²) in [4.78, 5) is 11.6. The van der Waals surface area contributed by atoms with Crippen LogP contribution in [0.1, 0.15) is 27.2 Å². The third kappa shape index (κ3) is 4.36. The van der Waals surface area contributed by atoms with Gasteiger partial charge in [-0.15, -0.1) is 5.10 Å². The SMILES string of the molecule is Cc1ccc(-n2cc(COc3ccc(-c4nn(-c5ccccc5)cc4C=O)cc3)nn2)cc1C. The van der Waals surface area contributed by atoms with Crippen LogP contribution < -0.4 is 4.74 Å². The molecule has 7 heteroatoms. The van der Waals surface area contributed by atoms with Crippen molar-refractivity contribution in [1.82, 2.24) is 24.8 Å². The van der Waals surface area contributed by atoms with Gasteiger partial charge >= 0.3 is 0 Å². The van der Waals surface area contributed by atoms with Crippen LogP contribution in [0, 0.1) is 13.8 Å². The average molecular weight is 450 g/mol. The van der Waals surface area contributed by atoms with Crippen LogP contribution in [0.25, 0.3) is 22.6 Å². The molecule has 2 aromatic heterocycles. The maximum absolute atomic E-state index is 11.6. The predicted octanol–water partition coefficient (Wildman–Crippen LogP) is 5.13. The summed E-state index contributed by atoms with van der Waals surface area (Å²) in [6, 6.07) is 23.4. The molecule has 0 atom stereocenters. The lowest BCUT2D eigenvalue weighted by Gasteiger charge is -2.05. The van der Waals surface area contributed by atoms with Crippen LogP contribution >= 0.6 is 0 Å². The van der Waals surface area contributed by atoms with Crippen molar-refractivity contribution in [3.05, 3.63) is 108 Å². The maximum atomic E-state index is 11.6. The van der Waals surface area contributed by atoms with Crippen LogP contribution in [0.4, 0.5) is 0 Å². The Hall–Kier alpha value is -4.52. The number of aromatic nitrogens is 5. The van der Waals surface area contributed by atoms with Crippen molar-refractivity contribution >= 4 is 6.29 Å². The topological polar surface area (TPSA) is 74.8 Å². The van der Waals surface area contributed by atoms with Gasteiger partial charge in [-0.1, -0.05) is 29.5 Å². The Balaban J connectivity index is 1.28. The van der Waals surface area contributed by atoms with E-state index in [1.54, 1.807) is 15.6 Å². The first-order valence-electron chi connectivity index (χ1n) is 10.9. The number of nitrogens with zero attached hydrogens (tertiary/aromatic N) is 5. The van der Waals surface area contributed by atoms with Gasteiger partial charge in [0.2, 0.25) is 0 Å². The lowest BCUT2D eigenvalue weighted by Crippen LogP contribution is -1.97. The van der Waals surface area contributed by atoms with Gasteiger partial charge < -0.3 is 4.74 Å². The van der Waals surface area contributed by atoms with E-state index in [0.29, 0.717) is 23.6 Å². The zero-order valence-corrected chi connectivity index (χ0v) is 18.9. The smallest absolute Gasteiger partial charge is 0.153 e. The van der Waals surface area contributed by atoms with Crippen molar-refractivity contribution in [2.24, 2.45) is 0 Å². The third-order valence-electron chi connectivity index (χ3n) is 5.70. The molecule has 0 bridgehead atoms. The number of aldehydes is 1. The maximum Gasteiger partial charge on any atom is 0.153 e. The van der Waals surface area contributed by atoms with Gasteiger partial charge in [0.25, 0.3) is 0 Å². The number of ether oxygens (including phenoxy) is 1. The Morgan fingerprint density at radius 2 is 1.65 bits per heavy atom. The molecule has 0 radical (unpaired) electrons. The summed E-state index contributed by atoms with van der Waals surface area (Å²) in [6.45, 7) is 4.46. The van der Waals surface area contributed by atoms with E-state index in [1.165, 1.54) is 11.1 Å². The molecular weight excluding hydrogens is 426 g/mol. The average Bonchev–Trinajstić information content (AvgIpc) is 3.53. The highest BCUT2D eigenvalue weighted by molar-refractivity contribution is 5.85. The van der Waals surface area contributed by atoms with Gasteiger partial charge in [0.15, 0.2) is 6.29 Å². The number of rotatable bonds is 7. The minimum absolute atomic E-state index is 0.298. The van der Waals surface area contributed by atoms with E-state index >= 15 is 0 Å². The molecule has 0 fully saturated rings. The molecule has 0 aliphatic heterocycles. The van der Waals surface area contributed by atoms with Crippen LogP contribution in [0.5, 0.6) is 5.75 Å². The molecule has 0 aliphatic rings. The van der Waals surface area contributed by atoms with Crippen molar-refractivity contribution in [2.45, 2.75) is 20.5 Å². The summed E-state index contributed by atoms with van der Waals surface area (Å²) in [7, 11) is 0. The molecule has 168 valence electrons. The van der Waals surface area contributed by atoms with E-state index in [0.717, 1.165) is 28.9 Å². The van der Waals surface area contributed by atoms with Gasteiger partial charge in [0, 0.05) is 11.8 Å². The first kappa shape index (κ1) is 21.3. The largest absolute Gasteiger partial charge is 0.487 e. The standard InChI is InChI=1S/C27H23N5O2/c1-19-8-11-25(14-20(19)2)32-16-23(28-30-32)18-34-26-12-9-21(10-13-26)27-22(17-33)15-31(29-27)24-6-4-3-5-7-24/h3-17H,18H2,1-2H3. The summed E-state index contributed by atoms with van der Waals surface area (Å²) in [5.41, 5.74) is 7.03. The lowest BCUT2D eigenvalue weighted by atomic mass is 10.1. The Kier molecular flexibility index (Phi) is 5.74. The van der Waals surface area contributed by atoms with Crippen LogP contribution in [-0.2, 0) is 6.61 Å². The summed E-state index contributed by atoms with van der Waals surface area (Å²) in [5, 5.41) is 13.0. The Bertz CT molecular complexity index is 1440. The van der Waals surface area contributed by atoms with E-state index in [9.17, 15) is 4.79 Å². The molecule has 34 heavy (non-hydrogen) atoms. The van der Waals surface area contributed by atoms with Gasteiger partial charge in [-0.25, -0.2) is 9.36 Å². The second-order valence-corrected chi connectivity index (χ2v) is 8.07. The summed E-state index contributed by atoms with van der Waals surface area (Å²) < 4.78 is 9.35. The first-order chi connectivity index (χ1) is 16.6. The molecule has 2 heterocycles. The molecule has 0 unspecified atom stereocenters. The van der Waals surface area contributed by atoms with Crippen LogP contribution in [0.2, 0.25) is 0 Å². The fourth-order valence-electron chi connectivity index (χ4n) is 3.64. The molecule has 0 saturated heterocycles. The van der Waals surface area contributed by atoms with Gasteiger partial charge in [-0.3, -0.25) is 4.79 Å². The predicted molar refractivity (Wildman–Crippen MR) is 130 cm³/mol. The minimum atomic E-state index is 0.298. The number of carbonyl (C=O) groups is 1. The number of hydrogen-bond donors (Lipinski definition) is 0. The zero-order valence-electron chi connectivity index (χ0n) is 18.9. The zero-order chi connectivity index (χ0) is 23.5. The second kappa shape index (κ2) is 9.15. The highest BCUT2D eigenvalue weighted by Gasteiger charge is 2.12. The molecular formula is C27H23N5O2. The molecule has 0 aliphatic carbocycles. The Labute approximate surface area is 197 Å². The Morgan fingerprint density at radius 1 is 0.853 bits per heavy atom. The van der Waals surface area contributed by atoms with E-state index < -0.39 is 0 Å². The van der Waals surface area contributed by atoms with Crippen LogP contribution in [0.3, 0.4) is 0 Å². The first-order valence-corrected chi connectivity index (χ1v) is 10.9. The second-order valence-electron chi connectivity index (χ2n) is 8.07. The Morgan fingerprint density at radius 3 is 2.38 bits per heavy atom. The van der Waals surface area contributed by atoms with E-state index in [-0.39, 0.29) is 0 Å². The highest BCUT2D eigenvalue weighted by atomic mass is 16.5. The number of aryl methyl sites for hydroxylation is 2. The summed E-state index contributed by atoms with van der Waals surface area (Å²) in [5.74, 6) is 0.694. The molecule has 5 aromatic rings. The fraction of sp³-hybridized carbons (Fsp3) is 0.111. The molecule has 5 rings (SSSR count). The van der Waals surface area contributed by atoms with Crippen molar-refractivity contribution < 1.29 is 9.53 Å². The van der Waals surface area contributed by atoms with Crippen molar-refractivity contribution in [3.8, 4) is 28.4 Å². The number of para-hydroxylation sites is 1. The van der Waals surface area contributed by atoms with E-state index in [2.05, 4.69) is 41.4 Å². The van der Waals surface area contributed by atoms with Gasteiger partial charge in [-0.05, 0) is 73.5 Å². The monoisotopic (exact) mass is 449 g/mol. The van der Waals surface area contributed by atoms with Crippen molar-refractivity contribution in [3.63, 3.8) is 0 Å². The number of carbonyl (C=O) groups excluding carboxylic acids is 1. The minimum Gasteiger partial charge on any atom is -0.487 e. The molecule has 7 nitrogen and oxygen atoms in total. The number of benzene rings is 3. The highest BCUT2D eigenvalue weighted by Crippen LogP contribution is 2.25.